The molecule has 0 spiro atoms. The molecule has 0 radical (unpaired) electrons. The Morgan fingerprint density at radius 3 is 2.14 bits per heavy atom. The quantitative estimate of drug-likeness (QED) is 0.287. The van der Waals surface area contributed by atoms with E-state index in [0.29, 0.717) is 27.5 Å². The van der Waals surface area contributed by atoms with Crippen molar-refractivity contribution in [2.45, 2.75) is 39.0 Å². The Morgan fingerprint density at radius 1 is 0.929 bits per heavy atom. The summed E-state index contributed by atoms with van der Waals surface area (Å²) in [6.07, 6.45) is -3.80. The number of rotatable bonds is 12. The van der Waals surface area contributed by atoms with Gasteiger partial charge in [-0.15, -0.1) is 0 Å². The van der Waals surface area contributed by atoms with Gasteiger partial charge in [0.15, 0.2) is 0 Å². The van der Waals surface area contributed by atoms with E-state index in [1.807, 2.05) is 19.9 Å². The zero-order valence-electron chi connectivity index (χ0n) is 23.4. The number of carbonyl (C=O) groups is 2. The van der Waals surface area contributed by atoms with Crippen molar-refractivity contribution in [1.29, 1.82) is 0 Å². The minimum Gasteiger partial charge on any atom is -0.354 e. The van der Waals surface area contributed by atoms with E-state index in [1.165, 1.54) is 11.0 Å². The molecule has 2 amide bonds. The van der Waals surface area contributed by atoms with Crippen molar-refractivity contribution in [1.82, 2.24) is 10.2 Å². The summed E-state index contributed by atoms with van der Waals surface area (Å²) in [5.41, 5.74) is -0.00785. The molecule has 0 aliphatic rings. The van der Waals surface area contributed by atoms with Gasteiger partial charge in [-0.1, -0.05) is 74.0 Å². The Labute approximate surface area is 249 Å². The summed E-state index contributed by atoms with van der Waals surface area (Å²) in [4.78, 5) is 28.8. The standard InChI is InChI=1S/C30H33ClF3N3O4S/c1-21(2)18-35-29(39)27(16-22-8-5-4-6-9-22)36(19-23-12-14-25(31)15-13-23)28(38)20-37(42(3,40)41)26-11-7-10-24(17-26)30(32,33)34/h4-15,17,21,27H,16,18-20H2,1-3H3,(H,35,39). The number of nitrogens with zero attached hydrogens (tertiary/aromatic N) is 2. The van der Waals surface area contributed by atoms with Crippen molar-refractivity contribution in [2.75, 3.05) is 23.7 Å². The van der Waals surface area contributed by atoms with Gasteiger partial charge in [0.25, 0.3) is 0 Å². The third kappa shape index (κ3) is 9.49. The van der Waals surface area contributed by atoms with Crippen LogP contribution in [0.3, 0.4) is 0 Å². The Balaban J connectivity index is 2.07. The Kier molecular flexibility index (Phi) is 11.0. The van der Waals surface area contributed by atoms with Gasteiger partial charge in [0.05, 0.1) is 17.5 Å². The molecule has 1 unspecified atom stereocenters. The van der Waals surface area contributed by atoms with E-state index >= 15 is 0 Å². The van der Waals surface area contributed by atoms with Crippen LogP contribution in [-0.2, 0) is 38.8 Å². The van der Waals surface area contributed by atoms with Crippen molar-refractivity contribution < 1.29 is 31.2 Å². The van der Waals surface area contributed by atoms with Crippen LogP contribution in [0.15, 0.2) is 78.9 Å². The highest BCUT2D eigenvalue weighted by Gasteiger charge is 2.35. The fraction of sp³-hybridized carbons (Fsp3) is 0.333. The van der Waals surface area contributed by atoms with Crippen LogP contribution >= 0.6 is 11.6 Å². The molecule has 3 aromatic carbocycles. The number of hydrogen-bond acceptors (Lipinski definition) is 4. The maximum Gasteiger partial charge on any atom is 0.416 e. The number of alkyl halides is 3. The van der Waals surface area contributed by atoms with Crippen LogP contribution in [-0.4, -0.2) is 50.5 Å². The fourth-order valence-electron chi connectivity index (χ4n) is 4.21. The largest absolute Gasteiger partial charge is 0.416 e. The summed E-state index contributed by atoms with van der Waals surface area (Å²) in [7, 11) is -4.21. The third-order valence-electron chi connectivity index (χ3n) is 6.36. The minimum atomic E-state index is -4.72. The number of nitrogens with one attached hydrogen (secondary N) is 1. The van der Waals surface area contributed by atoms with Gasteiger partial charge >= 0.3 is 6.18 Å². The number of amides is 2. The van der Waals surface area contributed by atoms with Crippen molar-refractivity contribution in [3.63, 3.8) is 0 Å². The molecule has 0 saturated carbocycles. The molecule has 0 bridgehead atoms. The second-order valence-electron chi connectivity index (χ2n) is 10.3. The lowest BCUT2D eigenvalue weighted by Gasteiger charge is -2.33. The lowest BCUT2D eigenvalue weighted by Crippen LogP contribution is -2.53. The molecule has 0 aliphatic carbocycles. The molecular weight excluding hydrogens is 591 g/mol. The summed E-state index contributed by atoms with van der Waals surface area (Å²) >= 11 is 6.04. The number of carbonyl (C=O) groups excluding carboxylic acids is 2. The highest BCUT2D eigenvalue weighted by atomic mass is 35.5. The van der Waals surface area contributed by atoms with Gasteiger partial charge in [0.2, 0.25) is 21.8 Å². The first-order valence-electron chi connectivity index (χ1n) is 13.2. The summed E-state index contributed by atoms with van der Waals surface area (Å²) in [6.45, 7) is 3.27. The Hall–Kier alpha value is -3.57. The molecule has 3 aromatic rings. The van der Waals surface area contributed by atoms with E-state index in [1.54, 1.807) is 48.5 Å². The van der Waals surface area contributed by atoms with Gasteiger partial charge in [0.1, 0.15) is 12.6 Å². The molecule has 1 N–H and O–H groups in total. The number of sulfonamides is 1. The molecule has 7 nitrogen and oxygen atoms in total. The first-order valence-corrected chi connectivity index (χ1v) is 15.4. The minimum absolute atomic E-state index is 0.0806. The molecule has 0 heterocycles. The molecular formula is C30H33ClF3N3O4S. The molecule has 3 rings (SSSR count). The molecule has 42 heavy (non-hydrogen) atoms. The van der Waals surface area contributed by atoms with E-state index in [9.17, 15) is 31.2 Å². The van der Waals surface area contributed by atoms with E-state index in [2.05, 4.69) is 5.32 Å². The molecule has 0 saturated heterocycles. The van der Waals surface area contributed by atoms with Crippen LogP contribution in [0.5, 0.6) is 0 Å². The highest BCUT2D eigenvalue weighted by molar-refractivity contribution is 7.92. The molecule has 0 aliphatic heterocycles. The smallest absolute Gasteiger partial charge is 0.354 e. The van der Waals surface area contributed by atoms with Crippen molar-refractivity contribution >= 4 is 39.1 Å². The zero-order valence-corrected chi connectivity index (χ0v) is 25.0. The van der Waals surface area contributed by atoms with Crippen molar-refractivity contribution in [2.24, 2.45) is 5.92 Å². The first kappa shape index (κ1) is 32.9. The fourth-order valence-corrected chi connectivity index (χ4v) is 5.18. The van der Waals surface area contributed by atoms with E-state index in [4.69, 9.17) is 11.6 Å². The van der Waals surface area contributed by atoms with Crippen LogP contribution in [0.1, 0.15) is 30.5 Å². The van der Waals surface area contributed by atoms with Crippen LogP contribution in [0.2, 0.25) is 5.02 Å². The van der Waals surface area contributed by atoms with E-state index in [0.717, 1.165) is 24.0 Å². The lowest BCUT2D eigenvalue weighted by molar-refractivity contribution is -0.140. The van der Waals surface area contributed by atoms with Gasteiger partial charge in [-0.05, 0) is 47.4 Å². The van der Waals surface area contributed by atoms with Crippen LogP contribution in [0, 0.1) is 5.92 Å². The molecule has 0 aromatic heterocycles. The monoisotopic (exact) mass is 623 g/mol. The van der Waals surface area contributed by atoms with Gasteiger partial charge in [-0.25, -0.2) is 8.42 Å². The number of anilines is 1. The lowest BCUT2D eigenvalue weighted by atomic mass is 10.0. The van der Waals surface area contributed by atoms with Gasteiger partial charge in [0, 0.05) is 24.5 Å². The SMILES string of the molecule is CC(C)CNC(=O)C(Cc1ccccc1)N(Cc1ccc(Cl)cc1)C(=O)CN(c1cccc(C(F)(F)F)c1)S(C)(=O)=O. The summed E-state index contributed by atoms with van der Waals surface area (Å²) in [6, 6.07) is 18.3. The van der Waals surface area contributed by atoms with E-state index < -0.39 is 46.2 Å². The molecule has 12 heteroatoms. The predicted octanol–water partition coefficient (Wildman–Crippen LogP) is 5.54. The Morgan fingerprint density at radius 2 is 1.57 bits per heavy atom. The van der Waals surface area contributed by atoms with Crippen LogP contribution in [0.25, 0.3) is 0 Å². The van der Waals surface area contributed by atoms with Crippen LogP contribution < -0.4 is 9.62 Å². The normalized spacial score (nSPS) is 12.6. The van der Waals surface area contributed by atoms with Gasteiger partial charge in [-0.2, -0.15) is 13.2 Å². The highest BCUT2D eigenvalue weighted by Crippen LogP contribution is 2.32. The number of benzene rings is 3. The molecule has 226 valence electrons. The summed E-state index contributed by atoms with van der Waals surface area (Å²) < 4.78 is 66.5. The maximum atomic E-state index is 14.0. The second kappa shape index (κ2) is 14.1. The van der Waals surface area contributed by atoms with Gasteiger partial charge in [-0.3, -0.25) is 13.9 Å². The Bertz CT molecular complexity index is 1470. The third-order valence-corrected chi connectivity index (χ3v) is 7.76. The summed E-state index contributed by atoms with van der Waals surface area (Å²) in [5, 5.41) is 3.32. The topological polar surface area (TPSA) is 86.8 Å². The number of hydrogen-bond donors (Lipinski definition) is 1. The summed E-state index contributed by atoms with van der Waals surface area (Å²) in [5.74, 6) is -1.10. The second-order valence-corrected chi connectivity index (χ2v) is 12.7. The van der Waals surface area contributed by atoms with Crippen molar-refractivity contribution in [3.05, 3.63) is 101 Å². The zero-order chi connectivity index (χ0) is 31.1. The molecule has 0 fully saturated rings. The van der Waals surface area contributed by atoms with Gasteiger partial charge < -0.3 is 10.2 Å². The predicted molar refractivity (Wildman–Crippen MR) is 157 cm³/mol. The van der Waals surface area contributed by atoms with E-state index in [-0.39, 0.29) is 24.6 Å². The van der Waals surface area contributed by atoms with Crippen molar-refractivity contribution in [3.8, 4) is 0 Å². The average molecular weight is 624 g/mol. The molecule has 1 atom stereocenters. The van der Waals surface area contributed by atoms with Crippen LogP contribution in [0.4, 0.5) is 18.9 Å². The first-order chi connectivity index (χ1) is 19.6. The number of halogens is 4. The maximum absolute atomic E-state index is 14.0. The average Bonchev–Trinajstić information content (AvgIpc) is 2.92.